The van der Waals surface area contributed by atoms with Gasteiger partial charge in [-0.1, -0.05) is 36.4 Å². The number of ether oxygens (including phenoxy) is 1. The van der Waals surface area contributed by atoms with Gasteiger partial charge in [0.2, 0.25) is 0 Å². The third-order valence-electron chi connectivity index (χ3n) is 2.99. The molecule has 1 aromatic carbocycles. The predicted octanol–water partition coefficient (Wildman–Crippen LogP) is 1.49. The van der Waals surface area contributed by atoms with Crippen LogP contribution < -0.4 is 5.73 Å². The molecule has 1 fully saturated rings. The van der Waals surface area contributed by atoms with Gasteiger partial charge in [0.15, 0.2) is 0 Å². The Morgan fingerprint density at radius 3 is 2.76 bits per heavy atom. The topological polar surface area (TPSA) is 38.5 Å². The van der Waals surface area contributed by atoms with Crippen LogP contribution in [-0.2, 0) is 11.3 Å². The molecule has 3 nitrogen and oxygen atoms in total. The Bertz CT molecular complexity index is 370. The molecule has 1 aliphatic heterocycles. The predicted molar refractivity (Wildman–Crippen MR) is 70.6 cm³/mol. The van der Waals surface area contributed by atoms with E-state index < -0.39 is 0 Å². The summed E-state index contributed by atoms with van der Waals surface area (Å²) in [6.07, 6.45) is 4.11. The van der Waals surface area contributed by atoms with Crippen LogP contribution in [0.3, 0.4) is 0 Å². The largest absolute Gasteiger partial charge is 0.379 e. The molecule has 0 unspecified atom stereocenters. The normalized spacial score (nSPS) is 17.7. The molecule has 3 heteroatoms. The zero-order chi connectivity index (χ0) is 11.9. The van der Waals surface area contributed by atoms with Gasteiger partial charge in [-0.25, -0.2) is 0 Å². The molecule has 0 radical (unpaired) electrons. The van der Waals surface area contributed by atoms with E-state index in [0.29, 0.717) is 6.54 Å². The number of rotatable bonds is 4. The van der Waals surface area contributed by atoms with E-state index in [1.165, 1.54) is 11.1 Å². The Morgan fingerprint density at radius 2 is 2.00 bits per heavy atom. The van der Waals surface area contributed by atoms with E-state index in [1.54, 1.807) is 0 Å². The smallest absolute Gasteiger partial charge is 0.0594 e. The second-order valence-electron chi connectivity index (χ2n) is 4.23. The van der Waals surface area contributed by atoms with Crippen LogP contribution in [0.4, 0.5) is 0 Å². The summed E-state index contributed by atoms with van der Waals surface area (Å²) in [4.78, 5) is 2.43. The maximum atomic E-state index is 5.50. The molecule has 0 bridgehead atoms. The van der Waals surface area contributed by atoms with E-state index in [0.717, 1.165) is 32.8 Å². The van der Waals surface area contributed by atoms with Gasteiger partial charge in [-0.3, -0.25) is 4.90 Å². The van der Waals surface area contributed by atoms with E-state index in [1.807, 2.05) is 6.08 Å². The van der Waals surface area contributed by atoms with Crippen molar-refractivity contribution in [2.75, 3.05) is 32.8 Å². The SMILES string of the molecule is NC/C=C/c1ccccc1CN1CCOCC1. The molecule has 1 aromatic rings. The van der Waals surface area contributed by atoms with Crippen LogP contribution in [0.5, 0.6) is 0 Å². The van der Waals surface area contributed by atoms with Crippen LogP contribution in [0.25, 0.3) is 6.08 Å². The second kappa shape index (κ2) is 6.55. The molecule has 2 N–H and O–H groups in total. The van der Waals surface area contributed by atoms with Crippen LogP contribution in [-0.4, -0.2) is 37.7 Å². The molecular weight excluding hydrogens is 212 g/mol. The summed E-state index contributed by atoms with van der Waals surface area (Å²) >= 11 is 0. The van der Waals surface area contributed by atoms with Crippen LogP contribution >= 0.6 is 0 Å². The number of nitrogens with two attached hydrogens (primary N) is 1. The van der Waals surface area contributed by atoms with Crippen molar-refractivity contribution in [3.05, 3.63) is 41.5 Å². The summed E-state index contributed by atoms with van der Waals surface area (Å²) in [6.45, 7) is 5.33. The minimum atomic E-state index is 0.589. The average molecular weight is 232 g/mol. The summed E-state index contributed by atoms with van der Waals surface area (Å²) in [5.41, 5.74) is 8.13. The van der Waals surface area contributed by atoms with Gasteiger partial charge in [-0.2, -0.15) is 0 Å². The molecule has 1 aliphatic rings. The van der Waals surface area contributed by atoms with Crippen molar-refractivity contribution in [3.8, 4) is 0 Å². The molecule has 92 valence electrons. The molecule has 0 aromatic heterocycles. The molecule has 0 spiro atoms. The number of hydrogen-bond donors (Lipinski definition) is 1. The zero-order valence-electron chi connectivity index (χ0n) is 10.1. The van der Waals surface area contributed by atoms with Crippen LogP contribution in [0, 0.1) is 0 Å². The van der Waals surface area contributed by atoms with Crippen molar-refractivity contribution in [1.82, 2.24) is 4.90 Å². The van der Waals surface area contributed by atoms with Gasteiger partial charge in [0.25, 0.3) is 0 Å². The number of benzene rings is 1. The van der Waals surface area contributed by atoms with Crippen molar-refractivity contribution in [2.24, 2.45) is 5.73 Å². The Labute approximate surface area is 103 Å². The quantitative estimate of drug-likeness (QED) is 0.855. The van der Waals surface area contributed by atoms with Gasteiger partial charge in [0.1, 0.15) is 0 Å². The first-order valence-electron chi connectivity index (χ1n) is 6.15. The minimum absolute atomic E-state index is 0.589. The summed E-state index contributed by atoms with van der Waals surface area (Å²) in [6, 6.07) is 8.49. The lowest BCUT2D eigenvalue weighted by molar-refractivity contribution is 0.0341. The molecule has 0 atom stereocenters. The highest BCUT2D eigenvalue weighted by Gasteiger charge is 2.11. The van der Waals surface area contributed by atoms with Gasteiger partial charge >= 0.3 is 0 Å². The summed E-state index contributed by atoms with van der Waals surface area (Å²) in [5.74, 6) is 0. The lowest BCUT2D eigenvalue weighted by Crippen LogP contribution is -2.35. The molecule has 1 heterocycles. The minimum Gasteiger partial charge on any atom is -0.379 e. The van der Waals surface area contributed by atoms with Crippen LogP contribution in [0.2, 0.25) is 0 Å². The lowest BCUT2D eigenvalue weighted by Gasteiger charge is -2.27. The molecule has 0 amide bonds. The van der Waals surface area contributed by atoms with Crippen molar-refractivity contribution in [3.63, 3.8) is 0 Å². The molecule has 1 saturated heterocycles. The van der Waals surface area contributed by atoms with Crippen molar-refractivity contribution in [2.45, 2.75) is 6.54 Å². The van der Waals surface area contributed by atoms with Gasteiger partial charge in [0, 0.05) is 26.2 Å². The second-order valence-corrected chi connectivity index (χ2v) is 4.23. The number of nitrogens with zero attached hydrogens (tertiary/aromatic N) is 1. The Kier molecular flexibility index (Phi) is 4.74. The summed E-state index contributed by atoms with van der Waals surface area (Å²) < 4.78 is 5.36. The Hall–Kier alpha value is -1.16. The van der Waals surface area contributed by atoms with E-state index in [2.05, 4.69) is 35.2 Å². The molecule has 0 saturated carbocycles. The fraction of sp³-hybridized carbons (Fsp3) is 0.429. The van der Waals surface area contributed by atoms with Crippen LogP contribution in [0.1, 0.15) is 11.1 Å². The highest BCUT2D eigenvalue weighted by molar-refractivity contribution is 5.53. The van der Waals surface area contributed by atoms with E-state index in [9.17, 15) is 0 Å². The molecule has 2 rings (SSSR count). The molecule has 17 heavy (non-hydrogen) atoms. The first kappa shape index (κ1) is 12.3. The lowest BCUT2D eigenvalue weighted by atomic mass is 10.1. The Balaban J connectivity index is 2.05. The van der Waals surface area contributed by atoms with Gasteiger partial charge in [-0.05, 0) is 11.1 Å². The van der Waals surface area contributed by atoms with E-state index in [-0.39, 0.29) is 0 Å². The maximum Gasteiger partial charge on any atom is 0.0594 e. The number of hydrogen-bond acceptors (Lipinski definition) is 3. The van der Waals surface area contributed by atoms with Crippen molar-refractivity contribution in [1.29, 1.82) is 0 Å². The third kappa shape index (κ3) is 3.66. The first-order chi connectivity index (χ1) is 8.40. The van der Waals surface area contributed by atoms with Crippen LogP contribution in [0.15, 0.2) is 30.3 Å². The fourth-order valence-corrected chi connectivity index (χ4v) is 2.04. The Morgan fingerprint density at radius 1 is 1.24 bits per heavy atom. The van der Waals surface area contributed by atoms with E-state index >= 15 is 0 Å². The fourth-order valence-electron chi connectivity index (χ4n) is 2.04. The average Bonchev–Trinajstić information content (AvgIpc) is 2.39. The van der Waals surface area contributed by atoms with Crippen molar-refractivity contribution >= 4 is 6.08 Å². The van der Waals surface area contributed by atoms with Crippen molar-refractivity contribution < 1.29 is 4.74 Å². The summed E-state index contributed by atoms with van der Waals surface area (Å²) in [7, 11) is 0. The zero-order valence-corrected chi connectivity index (χ0v) is 10.1. The number of morpholine rings is 1. The molecule has 0 aliphatic carbocycles. The monoisotopic (exact) mass is 232 g/mol. The molecular formula is C14H20N2O. The summed E-state index contributed by atoms with van der Waals surface area (Å²) in [5, 5.41) is 0. The third-order valence-corrected chi connectivity index (χ3v) is 2.99. The standard InChI is InChI=1S/C14H20N2O/c15-7-3-6-13-4-1-2-5-14(13)12-16-8-10-17-11-9-16/h1-6H,7-12,15H2/b6-3+. The first-order valence-corrected chi connectivity index (χ1v) is 6.15. The van der Waals surface area contributed by atoms with E-state index in [4.69, 9.17) is 10.5 Å². The van der Waals surface area contributed by atoms with Gasteiger partial charge < -0.3 is 10.5 Å². The van der Waals surface area contributed by atoms with Gasteiger partial charge in [-0.15, -0.1) is 0 Å². The highest BCUT2D eigenvalue weighted by atomic mass is 16.5. The maximum absolute atomic E-state index is 5.50. The highest BCUT2D eigenvalue weighted by Crippen LogP contribution is 2.14. The van der Waals surface area contributed by atoms with Gasteiger partial charge in [0.05, 0.1) is 13.2 Å².